The van der Waals surface area contributed by atoms with Crippen LogP contribution in [-0.4, -0.2) is 11.1 Å². The SMILES string of the molecule is C[C@H](CCc1cc(F)c(F)cc1F)C(=O)O. The third-order valence-electron chi connectivity index (χ3n) is 2.36. The first-order valence-corrected chi connectivity index (χ1v) is 4.78. The van der Waals surface area contributed by atoms with Crippen LogP contribution in [0.4, 0.5) is 13.2 Å². The molecule has 1 rings (SSSR count). The van der Waals surface area contributed by atoms with Crippen LogP contribution < -0.4 is 0 Å². The van der Waals surface area contributed by atoms with Gasteiger partial charge in [-0.1, -0.05) is 6.92 Å². The van der Waals surface area contributed by atoms with Crippen LogP contribution in [0, 0.1) is 23.4 Å². The van der Waals surface area contributed by atoms with Crippen molar-refractivity contribution in [3.05, 3.63) is 35.1 Å². The lowest BCUT2D eigenvalue weighted by atomic mass is 10.0. The molecule has 0 bridgehead atoms. The Bertz CT molecular complexity index is 404. The summed E-state index contributed by atoms with van der Waals surface area (Å²) in [6.45, 7) is 1.47. The molecule has 1 atom stereocenters. The number of carboxylic acids is 1. The first-order chi connectivity index (χ1) is 7.41. The molecule has 0 amide bonds. The van der Waals surface area contributed by atoms with Crippen LogP contribution >= 0.6 is 0 Å². The molecule has 0 radical (unpaired) electrons. The Balaban J connectivity index is 2.74. The van der Waals surface area contributed by atoms with E-state index in [2.05, 4.69) is 0 Å². The average Bonchev–Trinajstić information content (AvgIpc) is 2.20. The Morgan fingerprint density at radius 2 is 1.81 bits per heavy atom. The number of aliphatic carboxylic acids is 1. The molecule has 0 heterocycles. The third-order valence-corrected chi connectivity index (χ3v) is 2.36. The minimum atomic E-state index is -1.24. The Kier molecular flexibility index (Phi) is 3.93. The summed E-state index contributed by atoms with van der Waals surface area (Å²) in [5.74, 6) is -4.86. The van der Waals surface area contributed by atoms with Gasteiger partial charge in [0.15, 0.2) is 11.6 Å². The molecule has 0 aromatic heterocycles. The second kappa shape index (κ2) is 5.01. The van der Waals surface area contributed by atoms with Gasteiger partial charge in [-0.15, -0.1) is 0 Å². The molecular formula is C11H11F3O2. The van der Waals surface area contributed by atoms with Crippen molar-refractivity contribution < 1.29 is 23.1 Å². The van der Waals surface area contributed by atoms with Gasteiger partial charge in [0.25, 0.3) is 0 Å². The molecule has 1 aromatic rings. The smallest absolute Gasteiger partial charge is 0.306 e. The van der Waals surface area contributed by atoms with Crippen molar-refractivity contribution in [2.45, 2.75) is 19.8 Å². The van der Waals surface area contributed by atoms with E-state index in [1.165, 1.54) is 6.92 Å². The van der Waals surface area contributed by atoms with Crippen LogP contribution in [0.3, 0.4) is 0 Å². The Morgan fingerprint density at radius 1 is 1.25 bits per heavy atom. The van der Waals surface area contributed by atoms with Crippen molar-refractivity contribution in [3.8, 4) is 0 Å². The summed E-state index contributed by atoms with van der Waals surface area (Å²) in [7, 11) is 0. The second-order valence-electron chi connectivity index (χ2n) is 3.64. The van der Waals surface area contributed by atoms with Crippen molar-refractivity contribution in [1.29, 1.82) is 0 Å². The van der Waals surface area contributed by atoms with E-state index in [0.29, 0.717) is 6.07 Å². The van der Waals surface area contributed by atoms with Gasteiger partial charge in [0.1, 0.15) is 5.82 Å². The Labute approximate surface area is 90.7 Å². The van der Waals surface area contributed by atoms with E-state index >= 15 is 0 Å². The molecule has 0 fully saturated rings. The van der Waals surface area contributed by atoms with E-state index < -0.39 is 29.3 Å². The molecule has 16 heavy (non-hydrogen) atoms. The monoisotopic (exact) mass is 232 g/mol. The maximum Gasteiger partial charge on any atom is 0.306 e. The third kappa shape index (κ3) is 2.98. The van der Waals surface area contributed by atoms with E-state index in [1.807, 2.05) is 0 Å². The Morgan fingerprint density at radius 3 is 2.38 bits per heavy atom. The van der Waals surface area contributed by atoms with Crippen LogP contribution in [0.1, 0.15) is 18.9 Å². The predicted octanol–water partition coefficient (Wildman–Crippen LogP) is 2.76. The van der Waals surface area contributed by atoms with Gasteiger partial charge in [0.2, 0.25) is 0 Å². The van der Waals surface area contributed by atoms with Gasteiger partial charge < -0.3 is 5.11 Å². The number of halogens is 3. The maximum absolute atomic E-state index is 13.1. The molecule has 1 aromatic carbocycles. The van der Waals surface area contributed by atoms with Crippen LogP contribution in [-0.2, 0) is 11.2 Å². The molecular weight excluding hydrogens is 221 g/mol. The lowest BCUT2D eigenvalue weighted by molar-refractivity contribution is -0.141. The highest BCUT2D eigenvalue weighted by Gasteiger charge is 2.14. The van der Waals surface area contributed by atoms with E-state index in [9.17, 15) is 18.0 Å². The zero-order chi connectivity index (χ0) is 12.3. The number of aryl methyl sites for hydroxylation is 1. The van der Waals surface area contributed by atoms with Gasteiger partial charge in [-0.05, 0) is 24.5 Å². The number of carbonyl (C=O) groups is 1. The predicted molar refractivity (Wildman–Crippen MR) is 51.4 cm³/mol. The van der Waals surface area contributed by atoms with Gasteiger partial charge in [-0.2, -0.15) is 0 Å². The van der Waals surface area contributed by atoms with Crippen molar-refractivity contribution in [2.24, 2.45) is 5.92 Å². The van der Waals surface area contributed by atoms with Crippen LogP contribution in [0.5, 0.6) is 0 Å². The lowest BCUT2D eigenvalue weighted by Crippen LogP contribution is -2.10. The number of benzene rings is 1. The highest BCUT2D eigenvalue weighted by Crippen LogP contribution is 2.17. The van der Waals surface area contributed by atoms with E-state index in [4.69, 9.17) is 5.11 Å². The number of hydrogen-bond acceptors (Lipinski definition) is 1. The van der Waals surface area contributed by atoms with Gasteiger partial charge in [-0.3, -0.25) is 4.79 Å². The van der Waals surface area contributed by atoms with Crippen molar-refractivity contribution in [3.63, 3.8) is 0 Å². The van der Waals surface area contributed by atoms with Gasteiger partial charge in [-0.25, -0.2) is 13.2 Å². The van der Waals surface area contributed by atoms with Gasteiger partial charge in [0.05, 0.1) is 5.92 Å². The summed E-state index contributed by atoms with van der Waals surface area (Å²) in [5.41, 5.74) is -0.00741. The first-order valence-electron chi connectivity index (χ1n) is 4.78. The minimum Gasteiger partial charge on any atom is -0.481 e. The summed E-state index contributed by atoms with van der Waals surface area (Å²) in [6, 6.07) is 1.23. The van der Waals surface area contributed by atoms with Gasteiger partial charge in [0, 0.05) is 6.07 Å². The summed E-state index contributed by atoms with van der Waals surface area (Å²) in [4.78, 5) is 10.5. The van der Waals surface area contributed by atoms with Crippen molar-refractivity contribution >= 4 is 5.97 Å². The standard InChI is InChI=1S/C11H11F3O2/c1-6(11(15)16)2-3-7-4-9(13)10(14)5-8(7)12/h4-6H,2-3H2,1H3,(H,15,16)/t6-/m1/s1. The fraction of sp³-hybridized carbons (Fsp3) is 0.364. The molecule has 88 valence electrons. The van der Waals surface area contributed by atoms with Gasteiger partial charge >= 0.3 is 5.97 Å². The molecule has 2 nitrogen and oxygen atoms in total. The van der Waals surface area contributed by atoms with E-state index in [-0.39, 0.29) is 18.4 Å². The molecule has 0 aliphatic rings. The average molecular weight is 232 g/mol. The number of hydrogen-bond donors (Lipinski definition) is 1. The van der Waals surface area contributed by atoms with E-state index in [1.54, 1.807) is 0 Å². The van der Waals surface area contributed by atoms with Crippen molar-refractivity contribution in [1.82, 2.24) is 0 Å². The summed E-state index contributed by atoms with van der Waals surface area (Å²) >= 11 is 0. The Hall–Kier alpha value is -1.52. The summed E-state index contributed by atoms with van der Waals surface area (Å²) in [6.07, 6.45) is 0.244. The molecule has 0 aliphatic heterocycles. The maximum atomic E-state index is 13.1. The second-order valence-corrected chi connectivity index (χ2v) is 3.64. The largest absolute Gasteiger partial charge is 0.481 e. The highest BCUT2D eigenvalue weighted by molar-refractivity contribution is 5.69. The quantitative estimate of drug-likeness (QED) is 0.810. The number of rotatable bonds is 4. The molecule has 0 aliphatic carbocycles. The van der Waals surface area contributed by atoms with E-state index in [0.717, 1.165) is 6.07 Å². The molecule has 5 heteroatoms. The fourth-order valence-electron chi connectivity index (χ4n) is 1.25. The summed E-state index contributed by atoms with van der Waals surface area (Å²) in [5, 5.41) is 8.60. The molecule has 0 saturated heterocycles. The van der Waals surface area contributed by atoms with Crippen molar-refractivity contribution in [2.75, 3.05) is 0 Å². The van der Waals surface area contributed by atoms with Crippen LogP contribution in [0.15, 0.2) is 12.1 Å². The minimum absolute atomic E-state index is 0.00741. The zero-order valence-corrected chi connectivity index (χ0v) is 8.64. The van der Waals surface area contributed by atoms with Crippen LogP contribution in [0.2, 0.25) is 0 Å². The lowest BCUT2D eigenvalue weighted by Gasteiger charge is -2.07. The zero-order valence-electron chi connectivity index (χ0n) is 8.64. The molecule has 0 saturated carbocycles. The highest BCUT2D eigenvalue weighted by atomic mass is 19.2. The fourth-order valence-corrected chi connectivity index (χ4v) is 1.25. The first kappa shape index (κ1) is 12.5. The molecule has 0 spiro atoms. The molecule has 1 N–H and O–H groups in total. The normalized spacial score (nSPS) is 12.5. The molecule has 0 unspecified atom stereocenters. The topological polar surface area (TPSA) is 37.3 Å². The van der Waals surface area contributed by atoms with Crippen LogP contribution in [0.25, 0.3) is 0 Å². The number of carboxylic acid groups (broad SMARTS) is 1. The summed E-state index contributed by atoms with van der Waals surface area (Å²) < 4.78 is 38.5.